The van der Waals surface area contributed by atoms with Gasteiger partial charge in [0.1, 0.15) is 0 Å². The molecule has 0 amide bonds. The summed E-state index contributed by atoms with van der Waals surface area (Å²) in [7, 11) is 0. The molecule has 1 aromatic carbocycles. The minimum Gasteiger partial charge on any atom is -0.316 e. The lowest BCUT2D eigenvalue weighted by Crippen LogP contribution is -2.18. The third-order valence-electron chi connectivity index (χ3n) is 2.14. The molecule has 1 rings (SSSR count). The second-order valence-electron chi connectivity index (χ2n) is 3.34. The van der Waals surface area contributed by atoms with Gasteiger partial charge in [0.15, 0.2) is 0 Å². The minimum absolute atomic E-state index is 1.10. The first-order valence-corrected chi connectivity index (χ1v) is 7.18. The molecule has 1 aromatic rings. The molecule has 0 atom stereocenters. The summed E-state index contributed by atoms with van der Waals surface area (Å²) in [5.41, 5.74) is 1.42. The number of rotatable bonds is 6. The molecular weight excluding hydrogens is 206 g/mol. The Morgan fingerprint density at radius 3 is 2.00 bits per heavy atom. The maximum Gasteiger partial charge on any atom is -0.000835 e. The van der Waals surface area contributed by atoms with Gasteiger partial charge in [-0.25, -0.2) is 0 Å². The molecule has 0 heterocycles. The van der Waals surface area contributed by atoms with Crippen molar-refractivity contribution in [1.82, 2.24) is 5.32 Å². The molecule has 100 valence electrons. The fourth-order valence-corrected chi connectivity index (χ4v) is 1.30. The number of nitrogens with one attached hydrogen (secondary N) is 1. The summed E-state index contributed by atoms with van der Waals surface area (Å²) >= 11 is 0. The lowest BCUT2D eigenvalue weighted by Gasteiger charge is -2.03. The van der Waals surface area contributed by atoms with Crippen molar-refractivity contribution in [3.8, 4) is 0 Å². The van der Waals surface area contributed by atoms with Crippen molar-refractivity contribution in [2.24, 2.45) is 0 Å². The first-order valence-electron chi connectivity index (χ1n) is 7.18. The zero-order valence-electron chi connectivity index (χ0n) is 12.4. The van der Waals surface area contributed by atoms with Crippen LogP contribution in [-0.2, 0) is 6.42 Å². The summed E-state index contributed by atoms with van der Waals surface area (Å²) in [6, 6.07) is 10.6. The minimum atomic E-state index is 1.10. The molecule has 1 nitrogen and oxygen atoms in total. The highest BCUT2D eigenvalue weighted by Crippen LogP contribution is 1.97. The summed E-state index contributed by atoms with van der Waals surface area (Å²) < 4.78 is 0. The third kappa shape index (κ3) is 13.1. The van der Waals surface area contributed by atoms with Crippen molar-refractivity contribution in [3.63, 3.8) is 0 Å². The predicted octanol–water partition coefficient (Wildman–Crippen LogP) is 4.67. The molecule has 0 unspecified atom stereocenters. The standard InChI is InChI=1S/C12H19N.2C2H6/c1-2-3-10-13-11-9-12-7-5-4-6-8-12;2*1-2/h4-8,13H,2-3,9-11H2,1H3;2*1-2H3. The molecular formula is C16H31N. The Hall–Kier alpha value is -0.820. The Bertz CT molecular complexity index is 206. The van der Waals surface area contributed by atoms with E-state index in [9.17, 15) is 0 Å². The fraction of sp³-hybridized carbons (Fsp3) is 0.625. The molecule has 0 bridgehead atoms. The maximum atomic E-state index is 3.43. The first kappa shape index (κ1) is 18.5. The third-order valence-corrected chi connectivity index (χ3v) is 2.14. The quantitative estimate of drug-likeness (QED) is 0.709. The van der Waals surface area contributed by atoms with Crippen molar-refractivity contribution in [3.05, 3.63) is 35.9 Å². The predicted molar refractivity (Wildman–Crippen MR) is 80.6 cm³/mol. The average Bonchev–Trinajstić information content (AvgIpc) is 2.44. The Morgan fingerprint density at radius 1 is 0.882 bits per heavy atom. The van der Waals surface area contributed by atoms with Gasteiger partial charge in [0, 0.05) is 0 Å². The molecule has 0 radical (unpaired) electrons. The van der Waals surface area contributed by atoms with E-state index in [0.29, 0.717) is 0 Å². The molecule has 1 N–H and O–H groups in total. The molecule has 0 aliphatic carbocycles. The number of hydrogen-bond donors (Lipinski definition) is 1. The lowest BCUT2D eigenvalue weighted by atomic mass is 10.1. The zero-order valence-corrected chi connectivity index (χ0v) is 12.4. The van der Waals surface area contributed by atoms with E-state index in [1.807, 2.05) is 27.7 Å². The van der Waals surface area contributed by atoms with Crippen LogP contribution >= 0.6 is 0 Å². The van der Waals surface area contributed by atoms with Crippen LogP contribution in [0, 0.1) is 0 Å². The van der Waals surface area contributed by atoms with E-state index in [1.54, 1.807) is 0 Å². The Labute approximate surface area is 109 Å². The van der Waals surface area contributed by atoms with Crippen LogP contribution in [0.1, 0.15) is 53.0 Å². The van der Waals surface area contributed by atoms with Crippen LogP contribution in [0.2, 0.25) is 0 Å². The summed E-state index contributed by atoms with van der Waals surface area (Å²) in [6.07, 6.45) is 3.71. The van der Waals surface area contributed by atoms with E-state index in [-0.39, 0.29) is 0 Å². The van der Waals surface area contributed by atoms with Gasteiger partial charge < -0.3 is 5.32 Å². The summed E-state index contributed by atoms with van der Waals surface area (Å²) in [5, 5.41) is 3.43. The molecule has 0 spiro atoms. The fourth-order valence-electron chi connectivity index (χ4n) is 1.30. The van der Waals surface area contributed by atoms with Crippen LogP contribution < -0.4 is 5.32 Å². The number of unbranched alkanes of at least 4 members (excludes halogenated alkanes) is 1. The van der Waals surface area contributed by atoms with E-state index in [0.717, 1.165) is 19.5 Å². The number of benzene rings is 1. The average molecular weight is 237 g/mol. The van der Waals surface area contributed by atoms with E-state index < -0.39 is 0 Å². The van der Waals surface area contributed by atoms with Gasteiger partial charge in [0.25, 0.3) is 0 Å². The van der Waals surface area contributed by atoms with Gasteiger partial charge in [0.05, 0.1) is 0 Å². The van der Waals surface area contributed by atoms with E-state index >= 15 is 0 Å². The van der Waals surface area contributed by atoms with Crippen molar-refractivity contribution in [1.29, 1.82) is 0 Å². The van der Waals surface area contributed by atoms with E-state index in [2.05, 4.69) is 42.6 Å². The monoisotopic (exact) mass is 237 g/mol. The Kier molecular flexibility index (Phi) is 19.2. The highest BCUT2D eigenvalue weighted by atomic mass is 14.8. The van der Waals surface area contributed by atoms with Gasteiger partial charge in [-0.05, 0) is 31.5 Å². The highest BCUT2D eigenvalue weighted by molar-refractivity contribution is 5.14. The lowest BCUT2D eigenvalue weighted by molar-refractivity contribution is 0.640. The maximum absolute atomic E-state index is 3.43. The largest absolute Gasteiger partial charge is 0.316 e. The summed E-state index contributed by atoms with van der Waals surface area (Å²) in [6.45, 7) is 12.5. The molecule has 0 saturated carbocycles. The molecule has 0 aliphatic rings. The SMILES string of the molecule is CC.CC.CCCCNCCc1ccccc1. The van der Waals surface area contributed by atoms with Crippen LogP contribution in [0.25, 0.3) is 0 Å². The molecule has 0 saturated heterocycles. The zero-order chi connectivity index (χ0) is 13.4. The molecule has 0 aromatic heterocycles. The summed E-state index contributed by atoms with van der Waals surface area (Å²) in [4.78, 5) is 0. The molecule has 0 aliphatic heterocycles. The normalized spacial score (nSPS) is 8.53. The van der Waals surface area contributed by atoms with Crippen molar-refractivity contribution < 1.29 is 0 Å². The van der Waals surface area contributed by atoms with E-state index in [1.165, 1.54) is 18.4 Å². The second kappa shape index (κ2) is 17.6. The molecule has 17 heavy (non-hydrogen) atoms. The van der Waals surface area contributed by atoms with Gasteiger partial charge in [-0.15, -0.1) is 0 Å². The van der Waals surface area contributed by atoms with Gasteiger partial charge in [-0.1, -0.05) is 71.4 Å². The molecule has 1 heteroatoms. The Morgan fingerprint density at radius 2 is 1.47 bits per heavy atom. The van der Waals surface area contributed by atoms with Crippen molar-refractivity contribution in [2.75, 3.05) is 13.1 Å². The van der Waals surface area contributed by atoms with Crippen LogP contribution in [0.5, 0.6) is 0 Å². The number of hydrogen-bond acceptors (Lipinski definition) is 1. The van der Waals surface area contributed by atoms with E-state index in [4.69, 9.17) is 0 Å². The second-order valence-corrected chi connectivity index (χ2v) is 3.34. The van der Waals surface area contributed by atoms with Crippen molar-refractivity contribution >= 4 is 0 Å². The van der Waals surface area contributed by atoms with Gasteiger partial charge >= 0.3 is 0 Å². The summed E-state index contributed by atoms with van der Waals surface area (Å²) in [5.74, 6) is 0. The van der Waals surface area contributed by atoms with Crippen LogP contribution in [0.15, 0.2) is 30.3 Å². The van der Waals surface area contributed by atoms with Gasteiger partial charge in [-0.3, -0.25) is 0 Å². The van der Waals surface area contributed by atoms with Crippen molar-refractivity contribution in [2.45, 2.75) is 53.9 Å². The topological polar surface area (TPSA) is 12.0 Å². The first-order chi connectivity index (χ1) is 8.43. The highest BCUT2D eigenvalue weighted by Gasteiger charge is 1.90. The van der Waals surface area contributed by atoms with Gasteiger partial charge in [0.2, 0.25) is 0 Å². The van der Waals surface area contributed by atoms with Crippen LogP contribution in [0.4, 0.5) is 0 Å². The van der Waals surface area contributed by atoms with Crippen LogP contribution in [-0.4, -0.2) is 13.1 Å². The Balaban J connectivity index is 0. The smallest absolute Gasteiger partial charge is 0.000835 e. The van der Waals surface area contributed by atoms with Gasteiger partial charge in [-0.2, -0.15) is 0 Å². The molecule has 0 fully saturated rings. The van der Waals surface area contributed by atoms with Crippen LogP contribution in [0.3, 0.4) is 0 Å².